The molecular weight excluding hydrogens is 243 g/mol. The molecule has 88 valence electrons. The average Bonchev–Trinajstić information content (AvgIpc) is 2.14. The van der Waals surface area contributed by atoms with Gasteiger partial charge in [0.1, 0.15) is 0 Å². The molecule has 1 aromatic heterocycles. The fourth-order valence-corrected chi connectivity index (χ4v) is 1.07. The van der Waals surface area contributed by atoms with E-state index in [1.807, 2.05) is 0 Å². The third-order valence-electron chi connectivity index (χ3n) is 1.56. The first-order valence-corrected chi connectivity index (χ1v) is 4.62. The van der Waals surface area contributed by atoms with Gasteiger partial charge < -0.3 is 4.90 Å². The first kappa shape index (κ1) is 12.8. The number of aromatic nitrogens is 1. The van der Waals surface area contributed by atoms with Crippen LogP contribution in [0.4, 0.5) is 19.0 Å². The van der Waals surface area contributed by atoms with Crippen LogP contribution in [0.1, 0.15) is 5.56 Å². The van der Waals surface area contributed by atoms with Crippen LogP contribution in [0.25, 0.3) is 0 Å². The van der Waals surface area contributed by atoms with E-state index in [2.05, 4.69) is 9.98 Å². The van der Waals surface area contributed by atoms with Gasteiger partial charge in [-0.05, 0) is 6.07 Å². The van der Waals surface area contributed by atoms with E-state index in [0.29, 0.717) is 6.20 Å². The van der Waals surface area contributed by atoms with Crippen molar-refractivity contribution in [1.29, 1.82) is 0 Å². The summed E-state index contributed by atoms with van der Waals surface area (Å²) in [6, 6.07) is 0.802. The highest BCUT2D eigenvalue weighted by Crippen LogP contribution is 2.32. The van der Waals surface area contributed by atoms with E-state index in [0.717, 1.165) is 6.07 Å². The van der Waals surface area contributed by atoms with Crippen LogP contribution < -0.4 is 0 Å². The Morgan fingerprint density at radius 2 is 2.06 bits per heavy atom. The molecule has 1 aromatic rings. The summed E-state index contributed by atoms with van der Waals surface area (Å²) in [6.07, 6.45) is -2.34. The maximum atomic E-state index is 12.3. The highest BCUT2D eigenvalue weighted by atomic mass is 35.5. The standard InChI is InChI=1S/C9H9ClF3N3/c1-16(2)5-15-8-7(10)3-6(4-14-8)9(11,12)13/h3-5H,1-2H3. The molecule has 0 fully saturated rings. The van der Waals surface area contributed by atoms with Gasteiger partial charge in [0.2, 0.25) is 0 Å². The molecular formula is C9H9ClF3N3. The van der Waals surface area contributed by atoms with E-state index in [4.69, 9.17) is 11.6 Å². The van der Waals surface area contributed by atoms with Crippen molar-refractivity contribution in [1.82, 2.24) is 9.88 Å². The molecule has 0 aliphatic heterocycles. The van der Waals surface area contributed by atoms with Gasteiger partial charge >= 0.3 is 6.18 Å². The lowest BCUT2D eigenvalue weighted by Crippen LogP contribution is -2.08. The zero-order valence-corrected chi connectivity index (χ0v) is 9.34. The zero-order chi connectivity index (χ0) is 12.3. The van der Waals surface area contributed by atoms with Crippen LogP contribution in [0.5, 0.6) is 0 Å². The summed E-state index contributed by atoms with van der Waals surface area (Å²) >= 11 is 5.62. The predicted octanol–water partition coefficient (Wildman–Crippen LogP) is 2.98. The zero-order valence-electron chi connectivity index (χ0n) is 8.59. The molecule has 0 unspecified atom stereocenters. The number of halogens is 4. The SMILES string of the molecule is CN(C)C=Nc1ncc(C(F)(F)F)cc1Cl. The van der Waals surface area contributed by atoms with E-state index >= 15 is 0 Å². The molecule has 16 heavy (non-hydrogen) atoms. The van der Waals surface area contributed by atoms with E-state index in [9.17, 15) is 13.2 Å². The molecule has 0 aliphatic rings. The van der Waals surface area contributed by atoms with Crippen molar-refractivity contribution in [3.8, 4) is 0 Å². The Morgan fingerprint density at radius 1 is 1.44 bits per heavy atom. The van der Waals surface area contributed by atoms with Crippen LogP contribution in [0.3, 0.4) is 0 Å². The van der Waals surface area contributed by atoms with Gasteiger partial charge in [-0.2, -0.15) is 13.2 Å². The summed E-state index contributed by atoms with van der Waals surface area (Å²) in [5, 5.41) is -0.132. The number of pyridine rings is 1. The van der Waals surface area contributed by atoms with Gasteiger partial charge in [-0.15, -0.1) is 0 Å². The maximum absolute atomic E-state index is 12.3. The Balaban J connectivity index is 3.01. The minimum Gasteiger partial charge on any atom is -0.369 e. The molecule has 0 radical (unpaired) electrons. The van der Waals surface area contributed by atoms with E-state index in [-0.39, 0.29) is 10.8 Å². The second kappa shape index (κ2) is 4.69. The van der Waals surface area contributed by atoms with Gasteiger partial charge in [-0.1, -0.05) is 11.6 Å². The second-order valence-electron chi connectivity index (χ2n) is 3.24. The first-order chi connectivity index (χ1) is 7.30. The number of nitrogens with zero attached hydrogens (tertiary/aromatic N) is 3. The molecule has 7 heteroatoms. The van der Waals surface area contributed by atoms with Crippen LogP contribution in [0, 0.1) is 0 Å². The molecule has 3 nitrogen and oxygen atoms in total. The van der Waals surface area contributed by atoms with Gasteiger partial charge in [0, 0.05) is 20.3 Å². The first-order valence-electron chi connectivity index (χ1n) is 4.24. The summed E-state index contributed by atoms with van der Waals surface area (Å²) in [4.78, 5) is 8.98. The fraction of sp³-hybridized carbons (Fsp3) is 0.333. The Labute approximate surface area is 95.6 Å². The molecule has 0 aromatic carbocycles. The summed E-state index contributed by atoms with van der Waals surface area (Å²) < 4.78 is 36.8. The van der Waals surface area contributed by atoms with Gasteiger partial charge in [0.25, 0.3) is 0 Å². The lowest BCUT2D eigenvalue weighted by Gasteiger charge is -2.07. The molecule has 0 amide bonds. The molecule has 0 saturated heterocycles. The van der Waals surface area contributed by atoms with Gasteiger partial charge in [0.15, 0.2) is 5.82 Å². The summed E-state index contributed by atoms with van der Waals surface area (Å²) in [5.41, 5.74) is -0.888. The lowest BCUT2D eigenvalue weighted by molar-refractivity contribution is -0.137. The lowest BCUT2D eigenvalue weighted by atomic mass is 10.3. The second-order valence-corrected chi connectivity index (χ2v) is 3.64. The van der Waals surface area contributed by atoms with Gasteiger partial charge in [-0.25, -0.2) is 9.98 Å². The van der Waals surface area contributed by atoms with Crippen molar-refractivity contribution in [2.75, 3.05) is 14.1 Å². The largest absolute Gasteiger partial charge is 0.417 e. The number of rotatable bonds is 2. The predicted molar refractivity (Wildman–Crippen MR) is 56.1 cm³/mol. The van der Waals surface area contributed by atoms with Gasteiger partial charge in [-0.3, -0.25) is 0 Å². The molecule has 1 heterocycles. The van der Waals surface area contributed by atoms with Crippen molar-refractivity contribution >= 4 is 23.8 Å². The molecule has 0 aliphatic carbocycles. The molecule has 0 N–H and O–H groups in total. The number of hydrogen-bond donors (Lipinski definition) is 0. The van der Waals surface area contributed by atoms with E-state index in [1.54, 1.807) is 19.0 Å². The smallest absolute Gasteiger partial charge is 0.369 e. The van der Waals surface area contributed by atoms with Crippen LogP contribution in [-0.2, 0) is 6.18 Å². The highest BCUT2D eigenvalue weighted by Gasteiger charge is 2.31. The maximum Gasteiger partial charge on any atom is 0.417 e. The summed E-state index contributed by atoms with van der Waals surface area (Å²) in [7, 11) is 3.45. The minimum atomic E-state index is -4.44. The van der Waals surface area contributed by atoms with Crippen molar-refractivity contribution in [3.63, 3.8) is 0 Å². The van der Waals surface area contributed by atoms with Gasteiger partial charge in [0.05, 0.1) is 16.9 Å². The third-order valence-corrected chi connectivity index (χ3v) is 1.84. The molecule has 0 saturated carbocycles. The van der Waals surface area contributed by atoms with Crippen LogP contribution >= 0.6 is 11.6 Å². The quantitative estimate of drug-likeness (QED) is 0.597. The molecule has 1 rings (SSSR count). The fourth-order valence-electron chi connectivity index (χ4n) is 0.851. The Bertz CT molecular complexity index is 401. The number of hydrogen-bond acceptors (Lipinski definition) is 2. The number of aliphatic imine (C=N–C) groups is 1. The number of alkyl halides is 3. The van der Waals surface area contributed by atoms with Crippen LogP contribution in [-0.4, -0.2) is 30.3 Å². The van der Waals surface area contributed by atoms with Crippen LogP contribution in [0.15, 0.2) is 17.3 Å². The molecule has 0 spiro atoms. The normalized spacial score (nSPS) is 12.1. The Hall–Kier alpha value is -1.30. The Kier molecular flexibility index (Phi) is 3.74. The van der Waals surface area contributed by atoms with Crippen LogP contribution in [0.2, 0.25) is 5.02 Å². The summed E-state index contributed by atoms with van der Waals surface area (Å²) in [5.74, 6) is 0.0587. The van der Waals surface area contributed by atoms with Crippen molar-refractivity contribution < 1.29 is 13.2 Å². The Morgan fingerprint density at radius 3 is 2.50 bits per heavy atom. The van der Waals surface area contributed by atoms with Crippen molar-refractivity contribution in [3.05, 3.63) is 22.8 Å². The summed E-state index contributed by atoms with van der Waals surface area (Å²) in [6.45, 7) is 0. The third kappa shape index (κ3) is 3.37. The minimum absolute atomic E-state index is 0.0587. The van der Waals surface area contributed by atoms with E-state index in [1.165, 1.54) is 6.34 Å². The van der Waals surface area contributed by atoms with Crippen molar-refractivity contribution in [2.45, 2.75) is 6.18 Å². The van der Waals surface area contributed by atoms with Crippen molar-refractivity contribution in [2.24, 2.45) is 4.99 Å². The average molecular weight is 252 g/mol. The van der Waals surface area contributed by atoms with E-state index < -0.39 is 11.7 Å². The monoisotopic (exact) mass is 251 g/mol. The molecule has 0 bridgehead atoms. The molecule has 0 atom stereocenters. The topological polar surface area (TPSA) is 28.5 Å². The highest BCUT2D eigenvalue weighted by molar-refractivity contribution is 6.32.